The van der Waals surface area contributed by atoms with Crippen molar-refractivity contribution in [3.63, 3.8) is 0 Å². The molecule has 5 rings (SSSR count). The Morgan fingerprint density at radius 1 is 1.00 bits per heavy atom. The normalized spacial score (nSPS) is 15.3. The SMILES string of the molecule is COc1ccc2c(c1)C(N1CCCN(C(=O)Nc3cccc(C(F)(F)F)c3)CC1)=Nc1ccc(C)cc1O2. The number of benzene rings is 3. The standard InChI is InChI=1S/C28H27F3N4O3/c1-18-7-9-23-25(15-18)38-24-10-8-21(37-2)17-22(24)26(33-23)34-11-4-12-35(14-13-34)27(36)32-20-6-3-5-19(16-20)28(29,30)31/h3,5-10,15-17H,4,11-14H2,1-2H3,(H,32,36). The van der Waals surface area contributed by atoms with Gasteiger partial charge in [-0.25, -0.2) is 9.79 Å². The maximum Gasteiger partial charge on any atom is 0.416 e. The van der Waals surface area contributed by atoms with Crippen LogP contribution in [0.1, 0.15) is 23.1 Å². The van der Waals surface area contributed by atoms with Gasteiger partial charge in [0.1, 0.15) is 23.0 Å². The summed E-state index contributed by atoms with van der Waals surface area (Å²) in [6, 6.07) is 15.6. The van der Waals surface area contributed by atoms with Crippen molar-refractivity contribution in [1.29, 1.82) is 0 Å². The molecule has 0 saturated carbocycles. The highest BCUT2D eigenvalue weighted by atomic mass is 19.4. The minimum atomic E-state index is -4.48. The highest BCUT2D eigenvalue weighted by Gasteiger charge is 2.31. The van der Waals surface area contributed by atoms with Crippen LogP contribution in [-0.2, 0) is 6.18 Å². The molecule has 2 amide bonds. The van der Waals surface area contributed by atoms with Crippen LogP contribution in [0.3, 0.4) is 0 Å². The van der Waals surface area contributed by atoms with Gasteiger partial charge in [-0.2, -0.15) is 13.2 Å². The molecule has 2 heterocycles. The summed E-state index contributed by atoms with van der Waals surface area (Å²) in [5.74, 6) is 2.68. The molecule has 0 radical (unpaired) electrons. The lowest BCUT2D eigenvalue weighted by Gasteiger charge is -2.25. The van der Waals surface area contributed by atoms with Gasteiger partial charge in [0.15, 0.2) is 5.75 Å². The fraction of sp³-hybridized carbons (Fsp3) is 0.286. The van der Waals surface area contributed by atoms with Gasteiger partial charge >= 0.3 is 12.2 Å². The lowest BCUT2D eigenvalue weighted by Crippen LogP contribution is -2.39. The molecule has 1 fully saturated rings. The molecule has 7 nitrogen and oxygen atoms in total. The summed E-state index contributed by atoms with van der Waals surface area (Å²) in [6.45, 7) is 3.91. The number of urea groups is 1. The molecule has 2 aliphatic rings. The number of carbonyl (C=O) groups is 1. The quantitative estimate of drug-likeness (QED) is 0.419. The molecule has 0 unspecified atom stereocenters. The van der Waals surface area contributed by atoms with E-state index in [2.05, 4.69) is 10.2 Å². The van der Waals surface area contributed by atoms with E-state index in [1.807, 2.05) is 43.3 Å². The Morgan fingerprint density at radius 3 is 2.63 bits per heavy atom. The Hall–Kier alpha value is -4.21. The van der Waals surface area contributed by atoms with Crippen LogP contribution in [0.15, 0.2) is 65.7 Å². The van der Waals surface area contributed by atoms with Crippen molar-refractivity contribution in [2.75, 3.05) is 38.6 Å². The average molecular weight is 525 g/mol. The smallest absolute Gasteiger partial charge is 0.416 e. The molecule has 0 spiro atoms. The Bertz CT molecular complexity index is 1390. The number of halogens is 3. The second-order valence-electron chi connectivity index (χ2n) is 9.21. The first-order chi connectivity index (χ1) is 18.2. The van der Waals surface area contributed by atoms with Gasteiger partial charge in [0.05, 0.1) is 18.2 Å². The number of amides is 2. The molecular formula is C28H27F3N4O3. The second kappa shape index (κ2) is 10.3. The predicted octanol–water partition coefficient (Wildman–Crippen LogP) is 6.45. The summed E-state index contributed by atoms with van der Waals surface area (Å²) in [7, 11) is 1.60. The van der Waals surface area contributed by atoms with E-state index in [1.165, 1.54) is 12.1 Å². The van der Waals surface area contributed by atoms with Gasteiger partial charge in [-0.3, -0.25) is 0 Å². The Balaban J connectivity index is 1.38. The van der Waals surface area contributed by atoms with Crippen LogP contribution in [0.2, 0.25) is 0 Å². The van der Waals surface area contributed by atoms with Gasteiger partial charge in [-0.15, -0.1) is 0 Å². The van der Waals surface area contributed by atoms with E-state index in [9.17, 15) is 18.0 Å². The highest BCUT2D eigenvalue weighted by molar-refractivity contribution is 6.04. The molecule has 3 aromatic rings. The number of aliphatic imine (C=N–C) groups is 1. The summed E-state index contributed by atoms with van der Waals surface area (Å²) in [4.78, 5) is 21.6. The van der Waals surface area contributed by atoms with Gasteiger partial charge in [-0.05, 0) is 67.4 Å². The van der Waals surface area contributed by atoms with Crippen LogP contribution in [0.25, 0.3) is 0 Å². The molecule has 1 saturated heterocycles. The Labute approximate surface area is 218 Å². The number of hydrogen-bond donors (Lipinski definition) is 1. The van der Waals surface area contributed by atoms with Gasteiger partial charge < -0.3 is 24.6 Å². The Morgan fingerprint density at radius 2 is 1.84 bits per heavy atom. The maximum atomic E-state index is 13.1. The molecule has 10 heteroatoms. The number of carbonyl (C=O) groups excluding carboxylic acids is 1. The number of methoxy groups -OCH3 is 1. The van der Waals surface area contributed by atoms with E-state index in [-0.39, 0.29) is 5.69 Å². The number of alkyl halides is 3. The summed E-state index contributed by atoms with van der Waals surface area (Å²) >= 11 is 0. The van der Waals surface area contributed by atoms with E-state index in [0.29, 0.717) is 61.4 Å². The van der Waals surface area contributed by atoms with E-state index in [4.69, 9.17) is 14.5 Å². The van der Waals surface area contributed by atoms with E-state index < -0.39 is 17.8 Å². The topological polar surface area (TPSA) is 66.4 Å². The fourth-order valence-corrected chi connectivity index (χ4v) is 4.54. The minimum absolute atomic E-state index is 0.101. The van der Waals surface area contributed by atoms with Crippen LogP contribution < -0.4 is 14.8 Å². The zero-order chi connectivity index (χ0) is 26.9. The minimum Gasteiger partial charge on any atom is -0.497 e. The first-order valence-corrected chi connectivity index (χ1v) is 12.2. The summed E-state index contributed by atoms with van der Waals surface area (Å²) < 4.78 is 50.9. The predicted molar refractivity (Wildman–Crippen MR) is 139 cm³/mol. The molecule has 1 N–H and O–H groups in total. The van der Waals surface area contributed by atoms with Crippen LogP contribution in [0.4, 0.5) is 29.3 Å². The molecule has 2 aliphatic heterocycles. The second-order valence-corrected chi connectivity index (χ2v) is 9.21. The van der Waals surface area contributed by atoms with Crippen molar-refractivity contribution >= 4 is 23.2 Å². The van der Waals surface area contributed by atoms with Crippen molar-refractivity contribution in [3.8, 4) is 17.2 Å². The number of ether oxygens (including phenoxy) is 2. The molecule has 0 bridgehead atoms. The van der Waals surface area contributed by atoms with Crippen molar-refractivity contribution < 1.29 is 27.4 Å². The number of amidine groups is 1. The lowest BCUT2D eigenvalue weighted by atomic mass is 10.1. The van der Waals surface area contributed by atoms with Gasteiger partial charge in [0.2, 0.25) is 0 Å². The third kappa shape index (κ3) is 5.39. The zero-order valence-electron chi connectivity index (χ0n) is 21.0. The van der Waals surface area contributed by atoms with Gasteiger partial charge in [-0.1, -0.05) is 12.1 Å². The first-order valence-electron chi connectivity index (χ1n) is 12.2. The molecule has 38 heavy (non-hydrogen) atoms. The zero-order valence-corrected chi connectivity index (χ0v) is 21.0. The van der Waals surface area contributed by atoms with Crippen LogP contribution in [0.5, 0.6) is 17.2 Å². The maximum absolute atomic E-state index is 13.1. The number of nitrogens with zero attached hydrogens (tertiary/aromatic N) is 3. The van der Waals surface area contributed by atoms with E-state index >= 15 is 0 Å². The number of aryl methyl sites for hydroxylation is 1. The largest absolute Gasteiger partial charge is 0.497 e. The summed E-state index contributed by atoms with van der Waals surface area (Å²) in [6.07, 6.45) is -3.83. The van der Waals surface area contributed by atoms with Crippen molar-refractivity contribution in [2.24, 2.45) is 4.99 Å². The van der Waals surface area contributed by atoms with E-state index in [0.717, 1.165) is 23.3 Å². The average Bonchev–Trinajstić information content (AvgIpc) is 3.23. The number of nitrogens with one attached hydrogen (secondary N) is 1. The van der Waals surface area contributed by atoms with Crippen LogP contribution in [0, 0.1) is 6.92 Å². The number of fused-ring (bicyclic) bond motifs is 2. The Kier molecular flexibility index (Phi) is 6.88. The lowest BCUT2D eigenvalue weighted by molar-refractivity contribution is -0.137. The van der Waals surface area contributed by atoms with Crippen LogP contribution in [-0.4, -0.2) is 55.0 Å². The molecule has 198 valence electrons. The molecule has 0 atom stereocenters. The summed E-state index contributed by atoms with van der Waals surface area (Å²) in [5, 5.41) is 2.61. The summed E-state index contributed by atoms with van der Waals surface area (Å²) in [5.41, 5.74) is 1.82. The highest BCUT2D eigenvalue weighted by Crippen LogP contribution is 2.40. The van der Waals surface area contributed by atoms with Gasteiger partial charge in [0.25, 0.3) is 0 Å². The monoisotopic (exact) mass is 524 g/mol. The molecule has 0 aromatic heterocycles. The van der Waals surface area contributed by atoms with Crippen molar-refractivity contribution in [1.82, 2.24) is 9.80 Å². The third-order valence-electron chi connectivity index (χ3n) is 6.51. The van der Waals surface area contributed by atoms with Crippen molar-refractivity contribution in [2.45, 2.75) is 19.5 Å². The molecule has 0 aliphatic carbocycles. The number of anilines is 1. The number of hydrogen-bond acceptors (Lipinski definition) is 5. The van der Waals surface area contributed by atoms with Crippen LogP contribution >= 0.6 is 0 Å². The molecule has 3 aromatic carbocycles. The third-order valence-corrected chi connectivity index (χ3v) is 6.51. The molecular weight excluding hydrogens is 497 g/mol. The fourth-order valence-electron chi connectivity index (χ4n) is 4.54. The van der Waals surface area contributed by atoms with E-state index in [1.54, 1.807) is 12.0 Å². The first kappa shape index (κ1) is 25.4. The number of rotatable bonds is 2. The van der Waals surface area contributed by atoms with Crippen molar-refractivity contribution in [3.05, 3.63) is 77.4 Å². The van der Waals surface area contributed by atoms with Gasteiger partial charge in [0, 0.05) is 31.9 Å².